The molecule has 3 aromatic rings. The van der Waals surface area contributed by atoms with Crippen LogP contribution in [0.3, 0.4) is 0 Å². The van der Waals surface area contributed by atoms with Crippen LogP contribution in [0.1, 0.15) is 55.2 Å². The standard InChI is InChI=1S/C22H20N4O4/c1-12-5-6-14(21(28)25-16-7-8-16)10-17(12)26-11-24-18(20(26)23)19(27)13-3-2-4-15(9-13)22(29)30/h2-6,9-11,16H,7-8,23H2,1H3,(H,25,28)(H,29,30). The van der Waals surface area contributed by atoms with Crippen molar-refractivity contribution in [3.63, 3.8) is 0 Å². The molecule has 0 atom stereocenters. The van der Waals surface area contributed by atoms with Crippen molar-refractivity contribution in [3.8, 4) is 5.69 Å². The molecule has 0 saturated heterocycles. The lowest BCUT2D eigenvalue weighted by Gasteiger charge is -2.12. The number of ketones is 1. The van der Waals surface area contributed by atoms with E-state index in [1.807, 2.05) is 13.0 Å². The smallest absolute Gasteiger partial charge is 0.335 e. The molecule has 1 heterocycles. The third-order valence-electron chi connectivity index (χ3n) is 5.03. The maximum atomic E-state index is 12.9. The number of hydrogen-bond acceptors (Lipinski definition) is 5. The van der Waals surface area contributed by atoms with Crippen LogP contribution < -0.4 is 11.1 Å². The summed E-state index contributed by atoms with van der Waals surface area (Å²) in [4.78, 5) is 40.6. The van der Waals surface area contributed by atoms with E-state index in [2.05, 4.69) is 10.3 Å². The lowest BCUT2D eigenvalue weighted by molar-refractivity contribution is 0.0696. The first kappa shape index (κ1) is 19.4. The van der Waals surface area contributed by atoms with Crippen molar-refractivity contribution in [2.45, 2.75) is 25.8 Å². The van der Waals surface area contributed by atoms with E-state index in [0.29, 0.717) is 11.3 Å². The molecule has 4 N–H and O–H groups in total. The molecule has 8 nitrogen and oxygen atoms in total. The molecule has 1 amide bonds. The summed E-state index contributed by atoms with van der Waals surface area (Å²) in [6.07, 6.45) is 3.41. The highest BCUT2D eigenvalue weighted by atomic mass is 16.4. The second kappa shape index (κ2) is 7.47. The van der Waals surface area contributed by atoms with Crippen molar-refractivity contribution < 1.29 is 19.5 Å². The number of hydrogen-bond donors (Lipinski definition) is 3. The zero-order chi connectivity index (χ0) is 21.4. The highest BCUT2D eigenvalue weighted by Gasteiger charge is 2.25. The summed E-state index contributed by atoms with van der Waals surface area (Å²) >= 11 is 0. The molecule has 1 saturated carbocycles. The van der Waals surface area contributed by atoms with Gasteiger partial charge in [0.1, 0.15) is 12.1 Å². The van der Waals surface area contributed by atoms with E-state index in [1.165, 1.54) is 30.6 Å². The number of amides is 1. The van der Waals surface area contributed by atoms with E-state index in [1.54, 1.807) is 16.7 Å². The summed E-state index contributed by atoms with van der Waals surface area (Å²) in [5.74, 6) is -1.64. The number of anilines is 1. The van der Waals surface area contributed by atoms with Gasteiger partial charge in [0, 0.05) is 17.2 Å². The van der Waals surface area contributed by atoms with Crippen molar-refractivity contribution in [2.24, 2.45) is 0 Å². The average Bonchev–Trinajstić information content (AvgIpc) is 3.47. The Morgan fingerprint density at radius 3 is 2.53 bits per heavy atom. The van der Waals surface area contributed by atoms with Gasteiger partial charge >= 0.3 is 5.97 Å². The summed E-state index contributed by atoms with van der Waals surface area (Å²) in [6.45, 7) is 1.87. The van der Waals surface area contributed by atoms with E-state index >= 15 is 0 Å². The minimum absolute atomic E-state index is 0.00377. The minimum atomic E-state index is -1.12. The molecular formula is C22H20N4O4. The van der Waals surface area contributed by atoms with E-state index in [4.69, 9.17) is 10.8 Å². The van der Waals surface area contributed by atoms with Gasteiger partial charge in [0.15, 0.2) is 5.69 Å². The quantitative estimate of drug-likeness (QED) is 0.542. The van der Waals surface area contributed by atoms with E-state index in [-0.39, 0.29) is 34.6 Å². The van der Waals surface area contributed by atoms with Gasteiger partial charge in [-0.3, -0.25) is 14.2 Å². The minimum Gasteiger partial charge on any atom is -0.478 e. The first-order valence-corrected chi connectivity index (χ1v) is 9.48. The molecule has 0 spiro atoms. The zero-order valence-corrected chi connectivity index (χ0v) is 16.3. The highest BCUT2D eigenvalue weighted by Crippen LogP contribution is 2.25. The predicted molar refractivity (Wildman–Crippen MR) is 110 cm³/mol. The van der Waals surface area contributed by atoms with Gasteiger partial charge in [-0.25, -0.2) is 9.78 Å². The first-order valence-electron chi connectivity index (χ1n) is 9.48. The molecule has 8 heteroatoms. The van der Waals surface area contributed by atoms with Gasteiger partial charge in [0.2, 0.25) is 5.78 Å². The van der Waals surface area contributed by atoms with Crippen molar-refractivity contribution in [2.75, 3.05) is 5.73 Å². The largest absolute Gasteiger partial charge is 0.478 e. The van der Waals surface area contributed by atoms with Crippen LogP contribution in [-0.4, -0.2) is 38.4 Å². The normalized spacial score (nSPS) is 13.1. The molecule has 1 aliphatic carbocycles. The van der Waals surface area contributed by atoms with Crippen LogP contribution in [0.2, 0.25) is 0 Å². The number of carbonyl (C=O) groups excluding carboxylic acids is 2. The van der Waals surface area contributed by atoms with Gasteiger partial charge in [0.25, 0.3) is 5.91 Å². The summed E-state index contributed by atoms with van der Waals surface area (Å²) < 4.78 is 1.55. The number of aromatic nitrogens is 2. The van der Waals surface area contributed by atoms with Gasteiger partial charge in [-0.15, -0.1) is 0 Å². The lowest BCUT2D eigenvalue weighted by Crippen LogP contribution is -2.25. The number of carboxylic acid groups (broad SMARTS) is 1. The van der Waals surface area contributed by atoms with Crippen LogP contribution in [0.15, 0.2) is 48.8 Å². The molecule has 0 bridgehead atoms. The number of carbonyl (C=O) groups is 3. The van der Waals surface area contributed by atoms with Gasteiger partial charge in [-0.2, -0.15) is 0 Å². The van der Waals surface area contributed by atoms with E-state index < -0.39 is 11.8 Å². The second-order valence-electron chi connectivity index (χ2n) is 7.31. The van der Waals surface area contributed by atoms with Crippen LogP contribution in [-0.2, 0) is 0 Å². The number of nitrogens with two attached hydrogens (primary N) is 1. The van der Waals surface area contributed by atoms with Crippen LogP contribution in [0.25, 0.3) is 5.69 Å². The topological polar surface area (TPSA) is 127 Å². The number of nitrogens with zero attached hydrogens (tertiary/aromatic N) is 2. The SMILES string of the molecule is Cc1ccc(C(=O)NC2CC2)cc1-n1cnc(C(=O)c2cccc(C(=O)O)c2)c1N. The summed E-state index contributed by atoms with van der Waals surface area (Å²) in [5, 5.41) is 12.1. The highest BCUT2D eigenvalue weighted by molar-refractivity contribution is 6.11. The fraction of sp³-hybridized carbons (Fsp3) is 0.182. The Morgan fingerprint density at radius 2 is 1.83 bits per heavy atom. The molecular weight excluding hydrogens is 384 g/mol. The number of aryl methyl sites for hydroxylation is 1. The van der Waals surface area contributed by atoms with E-state index in [0.717, 1.165) is 18.4 Å². The Kier molecular flexibility index (Phi) is 4.83. The summed E-state index contributed by atoms with van der Waals surface area (Å²) in [6, 6.07) is 11.2. The lowest BCUT2D eigenvalue weighted by atomic mass is 10.0. The Bertz CT molecular complexity index is 1180. The molecule has 0 unspecified atom stereocenters. The van der Waals surface area contributed by atoms with Gasteiger partial charge in [-0.1, -0.05) is 18.2 Å². The molecule has 0 aliphatic heterocycles. The average molecular weight is 404 g/mol. The summed E-state index contributed by atoms with van der Waals surface area (Å²) in [5.41, 5.74) is 8.42. The van der Waals surface area contributed by atoms with Crippen molar-refractivity contribution in [1.29, 1.82) is 0 Å². The molecule has 1 aliphatic rings. The molecule has 2 aromatic carbocycles. The predicted octanol–water partition coefficient (Wildman–Crippen LogP) is 2.58. The Morgan fingerprint density at radius 1 is 1.10 bits per heavy atom. The number of nitrogens with one attached hydrogen (secondary N) is 1. The van der Waals surface area contributed by atoms with Crippen molar-refractivity contribution in [3.05, 3.63) is 76.7 Å². The van der Waals surface area contributed by atoms with Gasteiger partial charge < -0.3 is 16.2 Å². The molecule has 30 heavy (non-hydrogen) atoms. The number of rotatable bonds is 6. The molecule has 1 aromatic heterocycles. The summed E-state index contributed by atoms with van der Waals surface area (Å²) in [7, 11) is 0. The fourth-order valence-electron chi connectivity index (χ4n) is 3.16. The van der Waals surface area contributed by atoms with Gasteiger partial charge in [-0.05, 0) is 49.6 Å². The Labute approximate surface area is 172 Å². The number of carboxylic acids is 1. The number of imidazole rings is 1. The van der Waals surface area contributed by atoms with Crippen LogP contribution in [0.5, 0.6) is 0 Å². The number of nitrogen functional groups attached to an aromatic ring is 1. The van der Waals surface area contributed by atoms with Crippen LogP contribution in [0.4, 0.5) is 5.82 Å². The number of benzene rings is 2. The maximum absolute atomic E-state index is 12.9. The molecule has 1 fully saturated rings. The zero-order valence-electron chi connectivity index (χ0n) is 16.3. The second-order valence-corrected chi connectivity index (χ2v) is 7.31. The van der Waals surface area contributed by atoms with Crippen molar-refractivity contribution >= 4 is 23.5 Å². The van der Waals surface area contributed by atoms with Crippen LogP contribution in [0, 0.1) is 6.92 Å². The van der Waals surface area contributed by atoms with Gasteiger partial charge in [0.05, 0.1) is 11.3 Å². The third-order valence-corrected chi connectivity index (χ3v) is 5.03. The fourth-order valence-corrected chi connectivity index (χ4v) is 3.16. The molecule has 4 rings (SSSR count). The first-order chi connectivity index (χ1) is 14.3. The Balaban J connectivity index is 1.68. The van der Waals surface area contributed by atoms with E-state index in [9.17, 15) is 14.4 Å². The Hall–Kier alpha value is -3.94. The maximum Gasteiger partial charge on any atom is 0.335 e. The third kappa shape index (κ3) is 3.67. The molecule has 0 radical (unpaired) electrons. The number of aromatic carboxylic acids is 1. The monoisotopic (exact) mass is 404 g/mol. The molecule has 152 valence electrons. The van der Waals surface area contributed by atoms with Crippen molar-refractivity contribution in [1.82, 2.24) is 14.9 Å². The van der Waals surface area contributed by atoms with Crippen LogP contribution >= 0.6 is 0 Å².